The normalized spacial score (nSPS) is 19.6. The number of allylic oxidation sites excluding steroid dienone is 8. The summed E-state index contributed by atoms with van der Waals surface area (Å²) in [5, 5.41) is 0. The van der Waals surface area contributed by atoms with Crippen molar-refractivity contribution in [3.8, 4) is 0 Å². The molecule has 0 radical (unpaired) electrons. The van der Waals surface area contributed by atoms with Gasteiger partial charge in [0, 0.05) is 0 Å². The van der Waals surface area contributed by atoms with Gasteiger partial charge in [0.15, 0.2) is 0 Å². The summed E-state index contributed by atoms with van der Waals surface area (Å²) in [6, 6.07) is 20.6. The molecule has 0 bridgehead atoms. The van der Waals surface area contributed by atoms with E-state index in [4.69, 9.17) is 23.2 Å². The van der Waals surface area contributed by atoms with E-state index in [9.17, 15) is 0 Å². The lowest BCUT2D eigenvalue weighted by molar-refractivity contribution is 0.424. The molecule has 0 saturated heterocycles. The largest absolute Gasteiger partial charge is 0.109 e. The molecule has 2 heteroatoms. The Balaban J connectivity index is 2.13. The van der Waals surface area contributed by atoms with Gasteiger partial charge < -0.3 is 0 Å². The Labute approximate surface area is 158 Å². The lowest BCUT2D eigenvalue weighted by Gasteiger charge is -2.51. The summed E-state index contributed by atoms with van der Waals surface area (Å²) >= 11 is 14.6. The summed E-state index contributed by atoms with van der Waals surface area (Å²) in [6.45, 7) is 0. The molecule has 0 unspecified atom stereocenters. The van der Waals surface area contributed by atoms with E-state index >= 15 is 0 Å². The third-order valence-corrected chi connectivity index (χ3v) is 6.21. The maximum Gasteiger partial charge on any atom is 0.0972 e. The van der Waals surface area contributed by atoms with Crippen LogP contribution in [0.1, 0.15) is 11.1 Å². The molecule has 0 amide bonds. The van der Waals surface area contributed by atoms with Crippen LogP contribution in [0.5, 0.6) is 0 Å². The molecular formula is C23H18Cl2. The smallest absolute Gasteiger partial charge is 0.0972 e. The third-order valence-electron chi connectivity index (χ3n) is 5.14. The van der Waals surface area contributed by atoms with E-state index in [-0.39, 0.29) is 0 Å². The van der Waals surface area contributed by atoms with Crippen LogP contribution in [0.25, 0.3) is 0 Å². The molecule has 0 nitrogen and oxygen atoms in total. The molecule has 0 fully saturated rings. The summed E-state index contributed by atoms with van der Waals surface area (Å²) in [7, 11) is 0. The molecule has 124 valence electrons. The molecule has 2 aromatic rings. The predicted octanol–water partition coefficient (Wildman–Crippen LogP) is 6.18. The maximum absolute atomic E-state index is 7.31. The fourth-order valence-corrected chi connectivity index (χ4v) is 5.20. The van der Waals surface area contributed by atoms with Crippen LogP contribution in [0.15, 0.2) is 109 Å². The van der Waals surface area contributed by atoms with Crippen LogP contribution in [0, 0.1) is 0 Å². The van der Waals surface area contributed by atoms with E-state index in [0.717, 1.165) is 11.1 Å². The predicted molar refractivity (Wildman–Crippen MR) is 107 cm³/mol. The summed E-state index contributed by atoms with van der Waals surface area (Å²) < 4.78 is 0. The van der Waals surface area contributed by atoms with Crippen molar-refractivity contribution >= 4 is 23.2 Å². The Kier molecular flexibility index (Phi) is 3.98. The van der Waals surface area contributed by atoms with Gasteiger partial charge in [-0.25, -0.2) is 0 Å². The number of hydrogen-bond acceptors (Lipinski definition) is 0. The van der Waals surface area contributed by atoms with Gasteiger partial charge in [-0.1, -0.05) is 109 Å². The van der Waals surface area contributed by atoms with Gasteiger partial charge in [0.25, 0.3) is 0 Å². The number of benzene rings is 2. The van der Waals surface area contributed by atoms with Crippen molar-refractivity contribution in [2.24, 2.45) is 0 Å². The highest BCUT2D eigenvalue weighted by Gasteiger charge is 2.61. The summed E-state index contributed by atoms with van der Waals surface area (Å²) in [5.74, 6) is 0. The van der Waals surface area contributed by atoms with Crippen molar-refractivity contribution in [3.63, 3.8) is 0 Å². The summed E-state index contributed by atoms with van der Waals surface area (Å²) in [5.41, 5.74) is 1.47. The molecule has 0 aromatic heterocycles. The van der Waals surface area contributed by atoms with Crippen LogP contribution in [-0.4, -0.2) is 9.75 Å². The Morgan fingerprint density at radius 3 is 1.16 bits per heavy atom. The number of hydrogen-bond donors (Lipinski definition) is 0. The first-order chi connectivity index (χ1) is 12.1. The molecule has 2 aliphatic rings. The first kappa shape index (κ1) is 16.4. The van der Waals surface area contributed by atoms with Gasteiger partial charge in [-0.2, -0.15) is 0 Å². The fourth-order valence-electron chi connectivity index (χ4n) is 4.11. The first-order valence-electron chi connectivity index (χ1n) is 8.35. The minimum atomic E-state index is -0.781. The second-order valence-electron chi connectivity index (χ2n) is 6.45. The minimum absolute atomic E-state index is 0.696. The standard InChI is InChI=1S/C23H18Cl2/c24-21(15-7-8-16-21)23(19-11-3-1-4-12-19,20-13-5-2-6-14-20)22(25)17-9-10-18-22/h1-18H. The molecule has 2 aromatic carbocycles. The second kappa shape index (κ2) is 6.05. The number of rotatable bonds is 4. The van der Waals surface area contributed by atoms with Gasteiger partial charge >= 0.3 is 0 Å². The molecule has 0 spiro atoms. The average Bonchev–Trinajstić information content (AvgIpc) is 3.28. The van der Waals surface area contributed by atoms with Crippen molar-refractivity contribution in [2.45, 2.75) is 15.2 Å². The monoisotopic (exact) mass is 364 g/mol. The van der Waals surface area contributed by atoms with E-state index in [1.54, 1.807) is 0 Å². The molecule has 0 heterocycles. The first-order valence-corrected chi connectivity index (χ1v) is 9.11. The average molecular weight is 365 g/mol. The van der Waals surface area contributed by atoms with Gasteiger partial charge in [0.1, 0.15) is 0 Å². The van der Waals surface area contributed by atoms with Crippen LogP contribution >= 0.6 is 23.2 Å². The lowest BCUT2D eigenvalue weighted by Crippen LogP contribution is -2.57. The van der Waals surface area contributed by atoms with Crippen molar-refractivity contribution in [2.75, 3.05) is 0 Å². The summed E-state index contributed by atoms with van der Waals surface area (Å²) in [6.07, 6.45) is 16.1. The highest BCUT2D eigenvalue weighted by atomic mass is 35.5. The third kappa shape index (κ3) is 2.28. The molecule has 2 aliphatic carbocycles. The van der Waals surface area contributed by atoms with E-state index in [1.807, 2.05) is 85.0 Å². The van der Waals surface area contributed by atoms with E-state index in [0.29, 0.717) is 0 Å². The summed E-state index contributed by atoms with van der Waals surface area (Å²) in [4.78, 5) is -1.56. The van der Waals surface area contributed by atoms with Crippen LogP contribution in [-0.2, 0) is 5.41 Å². The topological polar surface area (TPSA) is 0 Å². The highest BCUT2D eigenvalue weighted by Crippen LogP contribution is 2.59. The zero-order valence-corrected chi connectivity index (χ0v) is 15.2. The molecule has 0 aliphatic heterocycles. The molecular weight excluding hydrogens is 347 g/mol. The number of halogens is 2. The molecule has 0 saturated carbocycles. The quantitative estimate of drug-likeness (QED) is 0.568. The SMILES string of the molecule is ClC1(C(c2ccccc2)(c2ccccc2)C2(Cl)C=CC=C2)C=CC=C1. The lowest BCUT2D eigenvalue weighted by atomic mass is 9.58. The minimum Gasteiger partial charge on any atom is -0.109 e. The molecule has 0 atom stereocenters. The van der Waals surface area contributed by atoms with E-state index in [1.165, 1.54) is 0 Å². The van der Waals surface area contributed by atoms with Crippen LogP contribution in [0.3, 0.4) is 0 Å². The highest BCUT2D eigenvalue weighted by molar-refractivity contribution is 6.33. The molecule has 0 N–H and O–H groups in total. The maximum atomic E-state index is 7.31. The van der Waals surface area contributed by atoms with Crippen LogP contribution in [0.2, 0.25) is 0 Å². The fraction of sp³-hybridized carbons (Fsp3) is 0.130. The number of alkyl halides is 2. The van der Waals surface area contributed by atoms with Crippen LogP contribution < -0.4 is 0 Å². The Morgan fingerprint density at radius 2 is 0.840 bits per heavy atom. The molecule has 4 rings (SSSR count). The Morgan fingerprint density at radius 1 is 0.520 bits per heavy atom. The van der Waals surface area contributed by atoms with Crippen molar-refractivity contribution in [3.05, 3.63) is 120 Å². The zero-order valence-electron chi connectivity index (χ0n) is 13.6. The molecule has 25 heavy (non-hydrogen) atoms. The second-order valence-corrected chi connectivity index (χ2v) is 7.71. The van der Waals surface area contributed by atoms with Crippen molar-refractivity contribution in [1.82, 2.24) is 0 Å². The van der Waals surface area contributed by atoms with Crippen LogP contribution in [0.4, 0.5) is 0 Å². The van der Waals surface area contributed by atoms with Gasteiger partial charge in [0.2, 0.25) is 0 Å². The Hall–Kier alpha value is -2.02. The zero-order chi connectivity index (χ0) is 17.4. The van der Waals surface area contributed by atoms with Crippen molar-refractivity contribution < 1.29 is 0 Å². The van der Waals surface area contributed by atoms with Crippen molar-refractivity contribution in [1.29, 1.82) is 0 Å². The van der Waals surface area contributed by atoms with Gasteiger partial charge in [-0.3, -0.25) is 0 Å². The van der Waals surface area contributed by atoms with Gasteiger partial charge in [-0.05, 0) is 11.1 Å². The van der Waals surface area contributed by atoms with Gasteiger partial charge in [0.05, 0.1) is 15.2 Å². The van der Waals surface area contributed by atoms with E-state index < -0.39 is 15.2 Å². The van der Waals surface area contributed by atoms with Gasteiger partial charge in [-0.15, -0.1) is 23.2 Å². The van der Waals surface area contributed by atoms with E-state index in [2.05, 4.69) is 24.3 Å². The Bertz CT molecular complexity index is 773.